The smallest absolute Gasteiger partial charge is 0.229 e. The molecule has 2 heterocycles. The largest absolute Gasteiger partial charge is 0.324 e. The van der Waals surface area contributed by atoms with Gasteiger partial charge in [0.05, 0.1) is 0 Å². The van der Waals surface area contributed by atoms with Gasteiger partial charge in [0.25, 0.3) is 0 Å². The Hall–Kier alpha value is -2.54. The zero-order valence-corrected chi connectivity index (χ0v) is 13.5. The van der Waals surface area contributed by atoms with Gasteiger partial charge in [-0.25, -0.2) is 4.98 Å². The minimum atomic E-state index is 0.437. The third kappa shape index (κ3) is 3.36. The molecule has 1 saturated carbocycles. The predicted molar refractivity (Wildman–Crippen MR) is 96.0 cm³/mol. The van der Waals surface area contributed by atoms with Crippen molar-refractivity contribution in [3.8, 4) is 0 Å². The molecular weight excluding hydrogens is 322 g/mol. The van der Waals surface area contributed by atoms with E-state index in [0.29, 0.717) is 34.0 Å². The number of H-pyrrole nitrogens is 1. The molecule has 0 aliphatic heterocycles. The van der Waals surface area contributed by atoms with Crippen molar-refractivity contribution in [2.45, 2.75) is 18.8 Å². The van der Waals surface area contributed by atoms with Crippen LogP contribution >= 0.6 is 11.6 Å². The molecule has 1 aliphatic rings. The molecule has 0 unspecified atom stereocenters. The van der Waals surface area contributed by atoms with Crippen LogP contribution in [-0.4, -0.2) is 28.0 Å². The van der Waals surface area contributed by atoms with Crippen LogP contribution in [0.3, 0.4) is 0 Å². The topological polar surface area (TPSA) is 78.5 Å². The zero-order chi connectivity index (χ0) is 16.5. The highest BCUT2D eigenvalue weighted by atomic mass is 35.5. The average molecular weight is 337 g/mol. The van der Waals surface area contributed by atoms with Crippen LogP contribution < -0.4 is 16.1 Å². The Balaban J connectivity index is 1.52. The van der Waals surface area contributed by atoms with Gasteiger partial charge in [-0.2, -0.15) is 10.1 Å². The van der Waals surface area contributed by atoms with Gasteiger partial charge in [0.15, 0.2) is 5.82 Å². The van der Waals surface area contributed by atoms with Crippen molar-refractivity contribution in [2.24, 2.45) is 0 Å². The number of anilines is 4. The highest BCUT2D eigenvalue weighted by Crippen LogP contribution is 2.39. The van der Waals surface area contributed by atoms with Crippen LogP contribution in [0.4, 0.5) is 23.3 Å². The third-order valence-electron chi connectivity index (χ3n) is 3.78. The molecule has 118 valence electrons. The summed E-state index contributed by atoms with van der Waals surface area (Å²) in [4.78, 5) is 8.60. The molecular formula is C16H14BClN6. The molecule has 8 heteroatoms. The van der Waals surface area contributed by atoms with Crippen molar-refractivity contribution < 1.29 is 0 Å². The Kier molecular flexibility index (Phi) is 3.86. The van der Waals surface area contributed by atoms with E-state index >= 15 is 0 Å². The first-order valence-electron chi connectivity index (χ1n) is 7.65. The molecule has 0 spiro atoms. The van der Waals surface area contributed by atoms with E-state index < -0.39 is 0 Å². The van der Waals surface area contributed by atoms with Crippen LogP contribution in [0.2, 0.25) is 5.02 Å². The molecule has 3 N–H and O–H groups in total. The third-order valence-corrected chi connectivity index (χ3v) is 4.03. The fraction of sp³-hybridized carbons (Fsp3) is 0.188. The first-order chi connectivity index (χ1) is 11.7. The van der Waals surface area contributed by atoms with Crippen LogP contribution in [0.25, 0.3) is 0 Å². The molecule has 2 radical (unpaired) electrons. The minimum Gasteiger partial charge on any atom is -0.324 e. The Morgan fingerprint density at radius 2 is 1.96 bits per heavy atom. The summed E-state index contributed by atoms with van der Waals surface area (Å²) >= 11 is 5.88. The molecule has 6 nitrogen and oxygen atoms in total. The highest BCUT2D eigenvalue weighted by Gasteiger charge is 2.25. The maximum atomic E-state index is 5.96. The number of hydrogen-bond donors (Lipinski definition) is 3. The monoisotopic (exact) mass is 336 g/mol. The minimum absolute atomic E-state index is 0.437. The Labute approximate surface area is 145 Å². The van der Waals surface area contributed by atoms with Crippen LogP contribution in [-0.2, 0) is 0 Å². The van der Waals surface area contributed by atoms with Crippen molar-refractivity contribution in [1.29, 1.82) is 0 Å². The summed E-state index contributed by atoms with van der Waals surface area (Å²) in [6.07, 6.45) is 3.99. The predicted octanol–water partition coefficient (Wildman–Crippen LogP) is 3.01. The second kappa shape index (κ2) is 6.16. The molecule has 3 aromatic rings. The Morgan fingerprint density at radius 1 is 1.17 bits per heavy atom. The van der Waals surface area contributed by atoms with Crippen LogP contribution in [0.1, 0.15) is 24.5 Å². The zero-order valence-electron chi connectivity index (χ0n) is 12.8. The molecule has 0 saturated heterocycles. The van der Waals surface area contributed by atoms with Gasteiger partial charge in [-0.15, -0.1) is 0 Å². The lowest BCUT2D eigenvalue weighted by atomic mass is 9.99. The van der Waals surface area contributed by atoms with Gasteiger partial charge in [-0.3, -0.25) is 5.10 Å². The summed E-state index contributed by atoms with van der Waals surface area (Å²) < 4.78 is 0. The number of aromatic amines is 1. The average Bonchev–Trinajstić information content (AvgIpc) is 3.33. The second-order valence-electron chi connectivity index (χ2n) is 5.74. The molecule has 0 atom stereocenters. The van der Waals surface area contributed by atoms with Crippen molar-refractivity contribution in [3.05, 3.63) is 47.2 Å². The van der Waals surface area contributed by atoms with Crippen LogP contribution in [0, 0.1) is 0 Å². The van der Waals surface area contributed by atoms with Gasteiger partial charge in [0, 0.05) is 34.6 Å². The van der Waals surface area contributed by atoms with E-state index in [9.17, 15) is 0 Å². The number of aromatic nitrogens is 4. The maximum Gasteiger partial charge on any atom is 0.229 e. The number of halogens is 1. The van der Waals surface area contributed by atoms with E-state index in [0.717, 1.165) is 11.4 Å². The lowest BCUT2D eigenvalue weighted by Crippen LogP contribution is -2.14. The fourth-order valence-corrected chi connectivity index (χ4v) is 2.47. The molecule has 1 aromatic carbocycles. The molecule has 4 rings (SSSR count). The molecule has 0 bridgehead atoms. The van der Waals surface area contributed by atoms with Gasteiger partial charge >= 0.3 is 0 Å². The highest BCUT2D eigenvalue weighted by molar-refractivity contribution is 6.35. The Bertz CT molecular complexity index is 859. The van der Waals surface area contributed by atoms with Gasteiger partial charge in [0.2, 0.25) is 5.95 Å². The summed E-state index contributed by atoms with van der Waals surface area (Å²) in [7, 11) is 5.96. The number of rotatable bonds is 5. The van der Waals surface area contributed by atoms with Crippen molar-refractivity contribution in [1.82, 2.24) is 20.2 Å². The summed E-state index contributed by atoms with van der Waals surface area (Å²) in [6, 6.07) is 9.29. The van der Waals surface area contributed by atoms with Gasteiger partial charge < -0.3 is 10.6 Å². The molecule has 2 aromatic heterocycles. The van der Waals surface area contributed by atoms with E-state index in [2.05, 4.69) is 30.8 Å². The number of benzene rings is 1. The SMILES string of the molecule is [B]c1cnc(Nc2ccc(Cl)cc2)nc1Nc1cc(C2CC2)[nH]n1. The lowest BCUT2D eigenvalue weighted by molar-refractivity contribution is 0.966. The summed E-state index contributed by atoms with van der Waals surface area (Å²) in [5.74, 6) is 2.25. The number of hydrogen-bond acceptors (Lipinski definition) is 5. The number of nitrogens with zero attached hydrogens (tertiary/aromatic N) is 3. The standard InChI is InChI=1S/C16H14BClN6/c17-12-8-19-16(20-11-5-3-10(18)4-6-11)22-15(12)21-14-7-13(23-24-14)9-1-2-9/h3-9H,1-2H2,(H3,19,20,21,22,23,24). The quantitative estimate of drug-likeness (QED) is 0.624. The van der Waals surface area contributed by atoms with Gasteiger partial charge in [0.1, 0.15) is 13.7 Å². The summed E-state index contributed by atoms with van der Waals surface area (Å²) in [5, 5.41) is 14.2. The normalized spacial score (nSPS) is 13.7. The second-order valence-corrected chi connectivity index (χ2v) is 6.17. The summed E-state index contributed by atoms with van der Waals surface area (Å²) in [5.41, 5.74) is 2.43. The molecule has 1 aliphatic carbocycles. The number of nitrogens with one attached hydrogen (secondary N) is 3. The lowest BCUT2D eigenvalue weighted by Gasteiger charge is -2.09. The molecule has 24 heavy (non-hydrogen) atoms. The molecule has 0 amide bonds. The maximum absolute atomic E-state index is 5.96. The first-order valence-corrected chi connectivity index (χ1v) is 8.02. The van der Waals surface area contributed by atoms with E-state index in [1.54, 1.807) is 18.3 Å². The van der Waals surface area contributed by atoms with E-state index in [4.69, 9.17) is 19.4 Å². The van der Waals surface area contributed by atoms with Gasteiger partial charge in [-0.05, 0) is 42.6 Å². The van der Waals surface area contributed by atoms with Crippen molar-refractivity contribution >= 4 is 48.2 Å². The first kappa shape index (κ1) is 15.0. The van der Waals surface area contributed by atoms with E-state index in [1.807, 2.05) is 18.2 Å². The van der Waals surface area contributed by atoms with Gasteiger partial charge in [-0.1, -0.05) is 11.6 Å². The van der Waals surface area contributed by atoms with Crippen LogP contribution in [0.15, 0.2) is 36.5 Å². The fourth-order valence-electron chi connectivity index (χ4n) is 2.34. The molecule has 1 fully saturated rings. The summed E-state index contributed by atoms with van der Waals surface area (Å²) in [6.45, 7) is 0. The Morgan fingerprint density at radius 3 is 2.71 bits per heavy atom. The van der Waals surface area contributed by atoms with E-state index in [-0.39, 0.29) is 0 Å². The van der Waals surface area contributed by atoms with Crippen molar-refractivity contribution in [3.63, 3.8) is 0 Å². The van der Waals surface area contributed by atoms with Crippen LogP contribution in [0.5, 0.6) is 0 Å². The van der Waals surface area contributed by atoms with Crippen molar-refractivity contribution in [2.75, 3.05) is 10.6 Å². The van der Waals surface area contributed by atoms with E-state index in [1.165, 1.54) is 12.8 Å².